The summed E-state index contributed by atoms with van der Waals surface area (Å²) >= 11 is -0.126. The van der Waals surface area contributed by atoms with Crippen LogP contribution in [0.3, 0.4) is 0 Å². The Hall–Kier alpha value is -2.41. The number of hydrogen-bond donors (Lipinski definition) is 0. The summed E-state index contributed by atoms with van der Waals surface area (Å²) in [5.74, 6) is 1.65. The van der Waals surface area contributed by atoms with E-state index in [-0.39, 0.29) is 15.0 Å². The zero-order valence-electron chi connectivity index (χ0n) is 13.2. The van der Waals surface area contributed by atoms with Crippen molar-refractivity contribution in [1.82, 2.24) is 9.97 Å². The van der Waals surface area contributed by atoms with Gasteiger partial charge < -0.3 is 0 Å². The summed E-state index contributed by atoms with van der Waals surface area (Å²) < 4.78 is 1.13. The zero-order chi connectivity index (χ0) is 16.4. The summed E-state index contributed by atoms with van der Waals surface area (Å²) in [4.78, 5) is 13.5. The predicted octanol–water partition coefficient (Wildman–Crippen LogP) is 2.83. The van der Waals surface area contributed by atoms with Crippen LogP contribution in [0, 0.1) is 24.1 Å². The average Bonchev–Trinajstić information content (AvgIpc) is 2.55. The molecule has 0 spiro atoms. The number of rotatable bonds is 3. The van der Waals surface area contributed by atoms with Crippen LogP contribution in [0.1, 0.15) is 11.4 Å². The van der Waals surface area contributed by atoms with Crippen molar-refractivity contribution < 1.29 is 0 Å². The third-order valence-electron chi connectivity index (χ3n) is 3.71. The summed E-state index contributed by atoms with van der Waals surface area (Å²) in [6.45, 7) is 3.96. The van der Waals surface area contributed by atoms with Gasteiger partial charge in [-0.2, -0.15) is 0 Å². The molecule has 5 heteroatoms. The summed E-state index contributed by atoms with van der Waals surface area (Å²) in [6.07, 6.45) is 0. The van der Waals surface area contributed by atoms with Crippen LogP contribution in [0.15, 0.2) is 42.5 Å². The molecule has 0 aliphatic rings. The second-order valence-corrected chi connectivity index (χ2v) is 7.05. The number of aromatic nitrogens is 2. The maximum absolute atomic E-state index is 8.90. The van der Waals surface area contributed by atoms with Crippen LogP contribution in [0.5, 0.6) is 0 Å². The van der Waals surface area contributed by atoms with E-state index in [1.54, 1.807) is 0 Å². The Kier molecular flexibility index (Phi) is 4.29. The van der Waals surface area contributed by atoms with Crippen molar-refractivity contribution in [3.05, 3.63) is 53.9 Å². The van der Waals surface area contributed by atoms with Crippen LogP contribution in [-0.4, -0.2) is 32.0 Å². The first kappa shape index (κ1) is 15.5. The Morgan fingerprint density at radius 1 is 1.09 bits per heavy atom. The number of fused-ring (bicyclic) bond motifs is 1. The van der Waals surface area contributed by atoms with Gasteiger partial charge in [0.15, 0.2) is 0 Å². The van der Waals surface area contributed by atoms with Crippen molar-refractivity contribution in [3.8, 4) is 4.97 Å². The SMILES string of the molecule is Cc1nc(N(C)c2ccc([Se]C#N)c(C)c2)c2ccccc2n1. The first-order valence-corrected chi connectivity index (χ1v) is 8.95. The maximum atomic E-state index is 8.90. The van der Waals surface area contributed by atoms with Crippen molar-refractivity contribution in [2.75, 3.05) is 11.9 Å². The first-order valence-electron chi connectivity index (χ1n) is 7.24. The van der Waals surface area contributed by atoms with Crippen LogP contribution in [0.4, 0.5) is 11.5 Å². The molecule has 3 aromatic rings. The van der Waals surface area contributed by atoms with Gasteiger partial charge in [-0.15, -0.1) is 0 Å². The van der Waals surface area contributed by atoms with E-state index in [9.17, 15) is 0 Å². The minimum absolute atomic E-state index is 0.126. The molecular weight excluding hydrogens is 351 g/mol. The Balaban J connectivity index is 2.09. The molecule has 0 bridgehead atoms. The summed E-state index contributed by atoms with van der Waals surface area (Å²) in [5, 5.41) is 9.93. The van der Waals surface area contributed by atoms with E-state index < -0.39 is 0 Å². The van der Waals surface area contributed by atoms with Crippen LogP contribution >= 0.6 is 0 Å². The molecular formula is C18H16N4Se. The van der Waals surface area contributed by atoms with E-state index in [0.717, 1.165) is 38.3 Å². The van der Waals surface area contributed by atoms with Crippen LogP contribution in [0.2, 0.25) is 0 Å². The van der Waals surface area contributed by atoms with Gasteiger partial charge in [0.2, 0.25) is 0 Å². The fraction of sp³-hybridized carbons (Fsp3) is 0.167. The van der Waals surface area contributed by atoms with Crippen molar-refractivity contribution >= 4 is 41.8 Å². The second kappa shape index (κ2) is 6.37. The molecule has 4 nitrogen and oxygen atoms in total. The van der Waals surface area contributed by atoms with Crippen molar-refractivity contribution in [2.45, 2.75) is 13.8 Å². The molecule has 1 aromatic heterocycles. The molecule has 3 rings (SSSR count). The third kappa shape index (κ3) is 3.05. The number of nitriles is 1. The summed E-state index contributed by atoms with van der Waals surface area (Å²) in [5.41, 5.74) is 3.15. The number of nitrogens with zero attached hydrogens (tertiary/aromatic N) is 4. The van der Waals surface area contributed by atoms with E-state index in [2.05, 4.69) is 32.8 Å². The molecule has 0 N–H and O–H groups in total. The van der Waals surface area contributed by atoms with E-state index in [1.807, 2.05) is 50.4 Å². The minimum atomic E-state index is -0.126. The van der Waals surface area contributed by atoms with Gasteiger partial charge in [0.25, 0.3) is 0 Å². The molecule has 0 aliphatic heterocycles. The fourth-order valence-corrected chi connectivity index (χ4v) is 3.51. The molecule has 0 aliphatic carbocycles. The average molecular weight is 367 g/mol. The normalized spacial score (nSPS) is 10.5. The van der Waals surface area contributed by atoms with Gasteiger partial charge in [0, 0.05) is 0 Å². The topological polar surface area (TPSA) is 52.8 Å². The summed E-state index contributed by atoms with van der Waals surface area (Å²) in [6, 6.07) is 14.2. The molecule has 0 saturated carbocycles. The molecule has 0 radical (unpaired) electrons. The van der Waals surface area contributed by atoms with Gasteiger partial charge in [-0.3, -0.25) is 0 Å². The molecule has 0 saturated heterocycles. The molecule has 1 heterocycles. The fourth-order valence-electron chi connectivity index (χ4n) is 2.56. The Morgan fingerprint density at radius 3 is 2.61 bits per heavy atom. The van der Waals surface area contributed by atoms with Crippen molar-refractivity contribution in [1.29, 1.82) is 5.26 Å². The molecule has 23 heavy (non-hydrogen) atoms. The summed E-state index contributed by atoms with van der Waals surface area (Å²) in [7, 11) is 2.01. The Bertz CT molecular complexity index is 915. The zero-order valence-corrected chi connectivity index (χ0v) is 15.0. The first-order chi connectivity index (χ1) is 11.1. The number of benzene rings is 2. The third-order valence-corrected chi connectivity index (χ3v) is 5.33. The number of aryl methyl sites for hydroxylation is 2. The standard InChI is InChI=1S/C18H16N4Se/c1-12-10-14(8-9-17(12)23-11-19)22(3)18-15-6-4-5-7-16(15)20-13(2)21-18/h4-10H,1-3H3. The monoisotopic (exact) mass is 368 g/mol. The van der Waals surface area contributed by atoms with Gasteiger partial charge >= 0.3 is 142 Å². The quantitative estimate of drug-likeness (QED) is 0.668. The van der Waals surface area contributed by atoms with E-state index in [4.69, 9.17) is 5.26 Å². The molecule has 0 amide bonds. The van der Waals surface area contributed by atoms with E-state index in [0.29, 0.717) is 0 Å². The predicted molar refractivity (Wildman–Crippen MR) is 94.5 cm³/mol. The van der Waals surface area contributed by atoms with Crippen LogP contribution < -0.4 is 9.36 Å². The van der Waals surface area contributed by atoms with Crippen LogP contribution in [-0.2, 0) is 0 Å². The van der Waals surface area contributed by atoms with Crippen molar-refractivity contribution in [2.24, 2.45) is 0 Å². The molecule has 114 valence electrons. The molecule has 0 fully saturated rings. The Morgan fingerprint density at radius 2 is 1.87 bits per heavy atom. The molecule has 0 atom stereocenters. The second-order valence-electron chi connectivity index (χ2n) is 5.31. The molecule has 0 unspecified atom stereocenters. The number of hydrogen-bond acceptors (Lipinski definition) is 4. The van der Waals surface area contributed by atoms with E-state index >= 15 is 0 Å². The molecule has 2 aromatic carbocycles. The number of para-hydroxylation sites is 1. The van der Waals surface area contributed by atoms with Gasteiger partial charge in [-0.25, -0.2) is 0 Å². The van der Waals surface area contributed by atoms with E-state index in [1.165, 1.54) is 0 Å². The van der Waals surface area contributed by atoms with Crippen molar-refractivity contribution in [3.63, 3.8) is 0 Å². The van der Waals surface area contributed by atoms with Gasteiger partial charge in [0.1, 0.15) is 0 Å². The van der Waals surface area contributed by atoms with Gasteiger partial charge in [-0.1, -0.05) is 0 Å². The van der Waals surface area contributed by atoms with Gasteiger partial charge in [-0.05, 0) is 0 Å². The number of anilines is 2. The van der Waals surface area contributed by atoms with Gasteiger partial charge in [0.05, 0.1) is 0 Å². The Labute approximate surface area is 142 Å². The van der Waals surface area contributed by atoms with Crippen LogP contribution in [0.25, 0.3) is 10.9 Å².